The van der Waals surface area contributed by atoms with Gasteiger partial charge in [0.15, 0.2) is 0 Å². The van der Waals surface area contributed by atoms with Gasteiger partial charge in [-0.15, -0.1) is 0 Å². The molecule has 0 saturated carbocycles. The van der Waals surface area contributed by atoms with Crippen molar-refractivity contribution in [2.45, 2.75) is 26.7 Å². The SMILES string of the molecule is CCN(CCO)C(=O)C1CCN(C(C)=O)CC1. The first-order valence-corrected chi connectivity index (χ1v) is 6.25. The maximum Gasteiger partial charge on any atom is 0.225 e. The summed E-state index contributed by atoms with van der Waals surface area (Å²) in [5.74, 6) is 0.209. The lowest BCUT2D eigenvalue weighted by atomic mass is 9.95. The molecule has 1 heterocycles. The normalized spacial score (nSPS) is 17.0. The van der Waals surface area contributed by atoms with Crippen LogP contribution in [-0.4, -0.2) is 59.5 Å². The Bertz CT molecular complexity index is 273. The van der Waals surface area contributed by atoms with Gasteiger partial charge in [-0.3, -0.25) is 9.59 Å². The van der Waals surface area contributed by atoms with Crippen molar-refractivity contribution in [1.82, 2.24) is 9.80 Å². The molecule has 0 aromatic heterocycles. The molecule has 1 fully saturated rings. The van der Waals surface area contributed by atoms with Gasteiger partial charge in [0.05, 0.1) is 6.61 Å². The van der Waals surface area contributed by atoms with Crippen LogP contribution in [0.4, 0.5) is 0 Å². The molecule has 98 valence electrons. The van der Waals surface area contributed by atoms with Crippen molar-refractivity contribution in [3.63, 3.8) is 0 Å². The smallest absolute Gasteiger partial charge is 0.225 e. The number of nitrogens with zero attached hydrogens (tertiary/aromatic N) is 2. The molecule has 1 N–H and O–H groups in total. The molecule has 2 amide bonds. The number of carbonyl (C=O) groups is 2. The Morgan fingerprint density at radius 1 is 1.35 bits per heavy atom. The Morgan fingerprint density at radius 3 is 2.35 bits per heavy atom. The van der Waals surface area contributed by atoms with Gasteiger partial charge in [-0.1, -0.05) is 0 Å². The average molecular weight is 242 g/mol. The zero-order valence-corrected chi connectivity index (χ0v) is 10.7. The van der Waals surface area contributed by atoms with Gasteiger partial charge in [0.2, 0.25) is 11.8 Å². The Hall–Kier alpha value is -1.10. The topological polar surface area (TPSA) is 60.9 Å². The van der Waals surface area contributed by atoms with E-state index in [1.54, 1.807) is 16.7 Å². The third kappa shape index (κ3) is 3.70. The van der Waals surface area contributed by atoms with Crippen LogP contribution in [0.2, 0.25) is 0 Å². The molecule has 0 bridgehead atoms. The van der Waals surface area contributed by atoms with E-state index in [9.17, 15) is 9.59 Å². The van der Waals surface area contributed by atoms with Crippen LogP contribution in [0.3, 0.4) is 0 Å². The molecule has 0 atom stereocenters. The number of carbonyl (C=O) groups excluding carboxylic acids is 2. The minimum Gasteiger partial charge on any atom is -0.395 e. The molecule has 5 nitrogen and oxygen atoms in total. The van der Waals surface area contributed by atoms with Crippen LogP contribution >= 0.6 is 0 Å². The predicted octanol–water partition coefficient (Wildman–Crippen LogP) is 0.0857. The second kappa shape index (κ2) is 6.59. The molecule has 0 spiro atoms. The largest absolute Gasteiger partial charge is 0.395 e. The fourth-order valence-corrected chi connectivity index (χ4v) is 2.24. The summed E-state index contributed by atoms with van der Waals surface area (Å²) in [7, 11) is 0. The highest BCUT2D eigenvalue weighted by Gasteiger charge is 2.28. The summed E-state index contributed by atoms with van der Waals surface area (Å²) in [6, 6.07) is 0. The number of piperidine rings is 1. The summed E-state index contributed by atoms with van der Waals surface area (Å²) in [4.78, 5) is 26.7. The highest BCUT2D eigenvalue weighted by Crippen LogP contribution is 2.19. The summed E-state index contributed by atoms with van der Waals surface area (Å²) >= 11 is 0. The van der Waals surface area contributed by atoms with E-state index in [0.717, 1.165) is 12.8 Å². The first-order valence-electron chi connectivity index (χ1n) is 6.25. The third-order valence-electron chi connectivity index (χ3n) is 3.35. The van der Waals surface area contributed by atoms with Crippen LogP contribution in [0.5, 0.6) is 0 Å². The van der Waals surface area contributed by atoms with Crippen LogP contribution in [-0.2, 0) is 9.59 Å². The maximum absolute atomic E-state index is 12.1. The van der Waals surface area contributed by atoms with Gasteiger partial charge in [0.1, 0.15) is 0 Å². The van der Waals surface area contributed by atoms with E-state index in [-0.39, 0.29) is 24.3 Å². The minimum absolute atomic E-state index is 0.00582. The second-order valence-electron chi connectivity index (χ2n) is 4.42. The number of hydrogen-bond acceptors (Lipinski definition) is 3. The number of amides is 2. The summed E-state index contributed by atoms with van der Waals surface area (Å²) in [6.07, 6.45) is 1.47. The van der Waals surface area contributed by atoms with Crippen molar-refractivity contribution in [2.75, 3.05) is 32.8 Å². The molecular formula is C12H22N2O3. The zero-order chi connectivity index (χ0) is 12.8. The molecule has 0 unspecified atom stereocenters. The van der Waals surface area contributed by atoms with Gasteiger partial charge in [-0.25, -0.2) is 0 Å². The zero-order valence-electron chi connectivity index (χ0n) is 10.7. The molecular weight excluding hydrogens is 220 g/mol. The van der Waals surface area contributed by atoms with Crippen LogP contribution in [0.1, 0.15) is 26.7 Å². The van der Waals surface area contributed by atoms with Crippen LogP contribution in [0.15, 0.2) is 0 Å². The predicted molar refractivity (Wildman–Crippen MR) is 64.3 cm³/mol. The monoisotopic (exact) mass is 242 g/mol. The van der Waals surface area contributed by atoms with E-state index < -0.39 is 0 Å². The summed E-state index contributed by atoms with van der Waals surface area (Å²) in [6.45, 7) is 5.86. The van der Waals surface area contributed by atoms with Gasteiger partial charge in [0.25, 0.3) is 0 Å². The van der Waals surface area contributed by atoms with E-state index in [0.29, 0.717) is 26.2 Å². The highest BCUT2D eigenvalue weighted by molar-refractivity contribution is 5.79. The van der Waals surface area contributed by atoms with E-state index in [4.69, 9.17) is 5.11 Å². The van der Waals surface area contributed by atoms with Gasteiger partial charge < -0.3 is 14.9 Å². The molecule has 1 aliphatic heterocycles. The second-order valence-corrected chi connectivity index (χ2v) is 4.42. The van der Waals surface area contributed by atoms with E-state index in [2.05, 4.69) is 0 Å². The van der Waals surface area contributed by atoms with Crippen molar-refractivity contribution < 1.29 is 14.7 Å². The van der Waals surface area contributed by atoms with Crippen molar-refractivity contribution in [1.29, 1.82) is 0 Å². The molecule has 17 heavy (non-hydrogen) atoms. The maximum atomic E-state index is 12.1. The lowest BCUT2D eigenvalue weighted by Gasteiger charge is -2.33. The van der Waals surface area contributed by atoms with Crippen molar-refractivity contribution in [3.05, 3.63) is 0 Å². The van der Waals surface area contributed by atoms with E-state index in [1.165, 1.54) is 0 Å². The Morgan fingerprint density at radius 2 is 1.94 bits per heavy atom. The number of aliphatic hydroxyl groups is 1. The van der Waals surface area contributed by atoms with Crippen LogP contribution in [0, 0.1) is 5.92 Å². The van der Waals surface area contributed by atoms with Crippen molar-refractivity contribution >= 4 is 11.8 Å². The molecule has 0 aromatic carbocycles. The van der Waals surface area contributed by atoms with Gasteiger partial charge in [0, 0.05) is 39.0 Å². The molecule has 1 rings (SSSR count). The Labute approximate surface area is 102 Å². The standard InChI is InChI=1S/C12H22N2O3/c1-3-13(8-9-15)12(17)11-4-6-14(7-5-11)10(2)16/h11,15H,3-9H2,1-2H3. The van der Waals surface area contributed by atoms with Crippen LogP contribution in [0.25, 0.3) is 0 Å². The molecule has 1 saturated heterocycles. The molecule has 0 aromatic rings. The molecule has 5 heteroatoms. The molecule has 1 aliphatic rings. The third-order valence-corrected chi connectivity index (χ3v) is 3.35. The summed E-state index contributed by atoms with van der Waals surface area (Å²) in [5.41, 5.74) is 0. The quantitative estimate of drug-likeness (QED) is 0.760. The van der Waals surface area contributed by atoms with Gasteiger partial charge in [-0.05, 0) is 19.8 Å². The lowest BCUT2D eigenvalue weighted by molar-refractivity contribution is -0.140. The first-order chi connectivity index (χ1) is 8.10. The lowest BCUT2D eigenvalue weighted by Crippen LogP contribution is -2.44. The van der Waals surface area contributed by atoms with Crippen LogP contribution < -0.4 is 0 Å². The van der Waals surface area contributed by atoms with Crippen molar-refractivity contribution in [2.24, 2.45) is 5.92 Å². The Balaban J connectivity index is 2.47. The molecule has 0 radical (unpaired) electrons. The van der Waals surface area contributed by atoms with Gasteiger partial charge in [-0.2, -0.15) is 0 Å². The molecule has 0 aliphatic carbocycles. The average Bonchev–Trinajstić information content (AvgIpc) is 2.35. The number of rotatable bonds is 4. The number of hydrogen-bond donors (Lipinski definition) is 1. The van der Waals surface area contributed by atoms with Gasteiger partial charge >= 0.3 is 0 Å². The first kappa shape index (κ1) is 14.0. The fourth-order valence-electron chi connectivity index (χ4n) is 2.24. The summed E-state index contributed by atoms with van der Waals surface area (Å²) in [5, 5.41) is 8.88. The number of likely N-dealkylation sites (N-methyl/N-ethyl adjacent to an activating group) is 1. The van der Waals surface area contributed by atoms with E-state index in [1.807, 2.05) is 6.92 Å². The van der Waals surface area contributed by atoms with E-state index >= 15 is 0 Å². The number of likely N-dealkylation sites (tertiary alicyclic amines) is 1. The highest BCUT2D eigenvalue weighted by atomic mass is 16.3. The Kier molecular flexibility index (Phi) is 5.41. The number of aliphatic hydroxyl groups excluding tert-OH is 1. The fraction of sp³-hybridized carbons (Fsp3) is 0.833. The minimum atomic E-state index is 0.00582. The summed E-state index contributed by atoms with van der Waals surface area (Å²) < 4.78 is 0. The van der Waals surface area contributed by atoms with Crippen molar-refractivity contribution in [3.8, 4) is 0 Å².